The maximum atomic E-state index is 15.3. The van der Waals surface area contributed by atoms with Gasteiger partial charge in [0.2, 0.25) is 0 Å². The molecule has 0 saturated carbocycles. The molecule has 10 nitrogen and oxygen atoms in total. The van der Waals surface area contributed by atoms with Crippen molar-refractivity contribution in [1.82, 2.24) is 14.5 Å². The lowest BCUT2D eigenvalue weighted by molar-refractivity contribution is -0.172. The van der Waals surface area contributed by atoms with Crippen LogP contribution in [-0.4, -0.2) is 56.4 Å². The fourth-order valence-corrected chi connectivity index (χ4v) is 7.43. The normalized spacial score (nSPS) is 19.2. The van der Waals surface area contributed by atoms with Crippen LogP contribution in [0.25, 0.3) is 22.3 Å². The van der Waals surface area contributed by atoms with Gasteiger partial charge in [0.25, 0.3) is 5.56 Å². The van der Waals surface area contributed by atoms with Gasteiger partial charge in [-0.2, -0.15) is 0 Å². The van der Waals surface area contributed by atoms with Crippen molar-refractivity contribution in [2.45, 2.75) is 70.8 Å². The molecule has 1 amide bonds. The summed E-state index contributed by atoms with van der Waals surface area (Å²) in [6.07, 6.45) is 1.08. The molecule has 0 radical (unpaired) electrons. The first kappa shape index (κ1) is 31.0. The van der Waals surface area contributed by atoms with Crippen LogP contribution in [0.4, 0.5) is 9.18 Å². The van der Waals surface area contributed by atoms with Crippen LogP contribution in [0.5, 0.6) is 0 Å². The van der Waals surface area contributed by atoms with Crippen LogP contribution < -0.4 is 5.56 Å². The minimum Gasteiger partial charge on any atom is -0.458 e. The average Bonchev–Trinajstić information content (AvgIpc) is 3.45. The molecule has 2 aliphatic heterocycles. The van der Waals surface area contributed by atoms with E-state index in [9.17, 15) is 24.6 Å². The number of carbonyl (C=O) groups excluding carboxylic acids is 2. The summed E-state index contributed by atoms with van der Waals surface area (Å²) in [5, 5.41) is 21.8. The molecule has 2 N–H and O–H groups in total. The summed E-state index contributed by atoms with van der Waals surface area (Å²) in [5.74, 6) is -1.38. The number of aryl methyl sites for hydroxylation is 1. The second kappa shape index (κ2) is 11.9. The molecule has 244 valence electrons. The first-order valence-electron chi connectivity index (χ1n) is 16.0. The van der Waals surface area contributed by atoms with Crippen LogP contribution in [0.15, 0.2) is 47.3 Å². The van der Waals surface area contributed by atoms with Gasteiger partial charge < -0.3 is 29.2 Å². The van der Waals surface area contributed by atoms with E-state index in [1.807, 2.05) is 30.3 Å². The van der Waals surface area contributed by atoms with E-state index in [0.29, 0.717) is 41.7 Å². The molecule has 1 unspecified atom stereocenters. The van der Waals surface area contributed by atoms with Crippen LogP contribution >= 0.6 is 0 Å². The molecular formula is C36H36FN3O7. The van der Waals surface area contributed by atoms with Crippen molar-refractivity contribution in [2.75, 3.05) is 19.7 Å². The van der Waals surface area contributed by atoms with Crippen molar-refractivity contribution < 1.29 is 33.7 Å². The van der Waals surface area contributed by atoms with Crippen molar-refractivity contribution in [2.24, 2.45) is 0 Å². The minimum atomic E-state index is -1.97. The van der Waals surface area contributed by atoms with Crippen LogP contribution in [-0.2, 0) is 46.0 Å². The van der Waals surface area contributed by atoms with Gasteiger partial charge in [0, 0.05) is 48.2 Å². The summed E-state index contributed by atoms with van der Waals surface area (Å²) in [6.45, 7) is 3.93. The zero-order chi connectivity index (χ0) is 33.0. The maximum Gasteiger partial charge on any atom is 0.410 e. The zero-order valence-corrected chi connectivity index (χ0v) is 26.3. The Balaban J connectivity index is 1.34. The number of amides is 1. The van der Waals surface area contributed by atoms with E-state index in [1.165, 1.54) is 6.07 Å². The van der Waals surface area contributed by atoms with E-state index in [4.69, 9.17) is 14.5 Å². The Labute approximate surface area is 270 Å². The Kier molecular flexibility index (Phi) is 7.84. The van der Waals surface area contributed by atoms with Gasteiger partial charge in [-0.25, -0.2) is 19.0 Å². The number of cyclic esters (lactones) is 1. The van der Waals surface area contributed by atoms with Gasteiger partial charge in [0.05, 0.1) is 29.0 Å². The Bertz CT molecular complexity index is 1990. The number of esters is 1. The molecule has 0 spiro atoms. The summed E-state index contributed by atoms with van der Waals surface area (Å²) in [6, 6.07) is 12.5. The molecule has 0 bridgehead atoms. The van der Waals surface area contributed by atoms with Gasteiger partial charge >= 0.3 is 12.1 Å². The summed E-state index contributed by atoms with van der Waals surface area (Å²) >= 11 is 0. The number of pyridine rings is 2. The third-order valence-corrected chi connectivity index (χ3v) is 9.99. The lowest BCUT2D eigenvalue weighted by atomic mass is 9.78. The van der Waals surface area contributed by atoms with Crippen LogP contribution in [0, 0.1) is 12.7 Å². The molecule has 4 heterocycles. The molecule has 4 aromatic rings. The molecular weight excluding hydrogens is 605 g/mol. The largest absolute Gasteiger partial charge is 0.458 e. The molecule has 47 heavy (non-hydrogen) atoms. The molecule has 0 saturated heterocycles. The van der Waals surface area contributed by atoms with Crippen molar-refractivity contribution in [3.8, 4) is 11.4 Å². The number of fused-ring (bicyclic) bond motifs is 5. The number of halogens is 1. The Morgan fingerprint density at radius 3 is 2.72 bits per heavy atom. The summed E-state index contributed by atoms with van der Waals surface area (Å²) in [7, 11) is 0. The van der Waals surface area contributed by atoms with E-state index in [0.717, 1.165) is 27.6 Å². The monoisotopic (exact) mass is 641 g/mol. The number of aliphatic hydroxyl groups excluding tert-OH is 1. The molecule has 0 fully saturated rings. The highest BCUT2D eigenvalue weighted by molar-refractivity contribution is 5.93. The molecule has 2 aromatic heterocycles. The number of nitrogens with zero attached hydrogens (tertiary/aromatic N) is 3. The van der Waals surface area contributed by atoms with E-state index in [2.05, 4.69) is 0 Å². The van der Waals surface area contributed by atoms with Gasteiger partial charge in [-0.3, -0.25) is 4.79 Å². The topological polar surface area (TPSA) is 131 Å². The number of aromatic nitrogens is 2. The smallest absolute Gasteiger partial charge is 0.410 e. The standard InChI is InChI=1S/C36H36FN3O7/c1-3-36(45)26-14-29-32-24(17-40(29)33(42)25(26)19-46-34(36)43)30-22(10-11-23-20(2)27(37)15-28(38-32)31(23)30)16-39(12-7-13-41)35(44)47-18-21-8-5-4-6-9-21/h4-6,8-9,14-15,22,41,45H,3,7,10-13,16-19H2,1-2H3/t22?,36-/m0/s1. The lowest BCUT2D eigenvalue weighted by Crippen LogP contribution is -2.44. The second-order valence-corrected chi connectivity index (χ2v) is 12.6. The third-order valence-electron chi connectivity index (χ3n) is 9.99. The molecule has 7 rings (SSSR count). The quantitative estimate of drug-likeness (QED) is 0.236. The number of hydrogen-bond donors (Lipinski definition) is 2. The lowest BCUT2D eigenvalue weighted by Gasteiger charge is -2.33. The number of aliphatic hydroxyl groups is 2. The first-order chi connectivity index (χ1) is 22.7. The van der Waals surface area contributed by atoms with E-state index < -0.39 is 17.7 Å². The van der Waals surface area contributed by atoms with E-state index in [1.54, 1.807) is 29.4 Å². The SMILES string of the molecule is CC[C@@]1(O)C(=O)OCc2c1cc1n(c2=O)Cc2c-1nc1cc(F)c(C)c3c1c2C(CN(CCCO)C(=O)OCc1ccccc1)CC3. The van der Waals surface area contributed by atoms with Crippen LogP contribution in [0.2, 0.25) is 0 Å². The molecule has 3 aliphatic rings. The highest BCUT2D eigenvalue weighted by atomic mass is 19.1. The number of ether oxygens (including phenoxy) is 2. The van der Waals surface area contributed by atoms with Gasteiger partial charge in [0.1, 0.15) is 19.0 Å². The van der Waals surface area contributed by atoms with Gasteiger partial charge in [-0.15, -0.1) is 0 Å². The highest BCUT2D eigenvalue weighted by Crippen LogP contribution is 2.46. The Morgan fingerprint density at radius 2 is 1.98 bits per heavy atom. The van der Waals surface area contributed by atoms with Gasteiger partial charge in [-0.1, -0.05) is 37.3 Å². The number of benzene rings is 2. The maximum absolute atomic E-state index is 15.3. The number of hydrogen-bond acceptors (Lipinski definition) is 8. The number of rotatable bonds is 8. The Morgan fingerprint density at radius 1 is 1.19 bits per heavy atom. The van der Waals surface area contributed by atoms with Gasteiger partial charge in [-0.05, 0) is 60.9 Å². The van der Waals surface area contributed by atoms with Crippen LogP contribution in [0.3, 0.4) is 0 Å². The average molecular weight is 642 g/mol. The van der Waals surface area contributed by atoms with E-state index >= 15 is 4.39 Å². The summed E-state index contributed by atoms with van der Waals surface area (Å²) in [5.41, 5.74) is 3.40. The second-order valence-electron chi connectivity index (χ2n) is 12.6. The molecule has 2 aromatic carbocycles. The Hall–Kier alpha value is -4.61. The zero-order valence-electron chi connectivity index (χ0n) is 26.3. The van der Waals surface area contributed by atoms with Crippen molar-refractivity contribution >= 4 is 23.0 Å². The highest BCUT2D eigenvalue weighted by Gasteiger charge is 2.46. The van der Waals surface area contributed by atoms with Crippen molar-refractivity contribution in [3.05, 3.63) is 97.6 Å². The summed E-state index contributed by atoms with van der Waals surface area (Å²) in [4.78, 5) is 46.5. The third kappa shape index (κ3) is 4.99. The fourth-order valence-electron chi connectivity index (χ4n) is 7.43. The molecule has 11 heteroatoms. The minimum absolute atomic E-state index is 0.0188. The number of carbonyl (C=O) groups is 2. The van der Waals surface area contributed by atoms with Crippen molar-refractivity contribution in [3.63, 3.8) is 0 Å². The molecule has 2 atom stereocenters. The van der Waals surface area contributed by atoms with Crippen LogP contribution in [0.1, 0.15) is 71.0 Å². The van der Waals surface area contributed by atoms with Gasteiger partial charge in [0.15, 0.2) is 5.60 Å². The summed E-state index contributed by atoms with van der Waals surface area (Å²) < 4.78 is 27.8. The van der Waals surface area contributed by atoms with Crippen molar-refractivity contribution in [1.29, 1.82) is 0 Å². The first-order valence-corrected chi connectivity index (χ1v) is 16.0. The predicted molar refractivity (Wildman–Crippen MR) is 170 cm³/mol. The van der Waals surface area contributed by atoms with E-state index in [-0.39, 0.29) is 74.3 Å². The fraction of sp³-hybridized carbons (Fsp3) is 0.389. The molecule has 1 aliphatic carbocycles. The predicted octanol–water partition coefficient (Wildman–Crippen LogP) is 4.58.